The highest BCUT2D eigenvalue weighted by Crippen LogP contribution is 2.30. The maximum absolute atomic E-state index is 14.3. The second kappa shape index (κ2) is 8.95. The molecule has 2 N–H and O–H groups in total. The quantitative estimate of drug-likeness (QED) is 0.590. The first-order valence-electron chi connectivity index (χ1n) is 10.8. The third kappa shape index (κ3) is 4.37. The Morgan fingerprint density at radius 2 is 1.75 bits per heavy atom. The van der Waals surface area contributed by atoms with Crippen molar-refractivity contribution in [3.63, 3.8) is 0 Å². The molecule has 2 aliphatic rings. The van der Waals surface area contributed by atoms with E-state index in [4.69, 9.17) is 9.47 Å². The van der Waals surface area contributed by atoms with E-state index in [0.717, 1.165) is 24.8 Å². The maximum Gasteiger partial charge on any atom is 0.208 e. The van der Waals surface area contributed by atoms with Crippen LogP contribution in [0, 0.1) is 23.4 Å². The minimum Gasteiger partial charge on any atom is -0.381 e. The number of rotatable bonds is 6. The van der Waals surface area contributed by atoms with Crippen LogP contribution < -0.4 is 10.6 Å². The summed E-state index contributed by atoms with van der Waals surface area (Å²) in [5.74, 6) is -1.80. The first-order valence-corrected chi connectivity index (χ1v) is 10.8. The van der Waals surface area contributed by atoms with Gasteiger partial charge in [0.15, 0.2) is 11.6 Å². The van der Waals surface area contributed by atoms with Gasteiger partial charge >= 0.3 is 0 Å². The first kappa shape index (κ1) is 21.0. The minimum atomic E-state index is -1.02. The first-order chi connectivity index (χ1) is 15.6. The van der Waals surface area contributed by atoms with Crippen LogP contribution in [0.15, 0.2) is 24.4 Å². The molecule has 3 aromatic rings. The summed E-state index contributed by atoms with van der Waals surface area (Å²) in [6, 6.07) is 3.45. The number of ether oxygens (including phenoxy) is 2. The minimum absolute atomic E-state index is 0.246. The van der Waals surface area contributed by atoms with Crippen LogP contribution in [-0.4, -0.2) is 47.0 Å². The summed E-state index contributed by atoms with van der Waals surface area (Å²) in [5.41, 5.74) is 0.929. The summed E-state index contributed by atoms with van der Waals surface area (Å²) >= 11 is 0. The molecule has 2 saturated heterocycles. The number of aromatic nitrogens is 3. The molecule has 1 atom stereocenters. The summed E-state index contributed by atoms with van der Waals surface area (Å²) in [5, 5.41) is 6.17. The molecule has 2 aliphatic heterocycles. The summed E-state index contributed by atoms with van der Waals surface area (Å²) in [6.07, 6.45) is 4.32. The van der Waals surface area contributed by atoms with Crippen LogP contribution in [0.25, 0.3) is 11.0 Å². The van der Waals surface area contributed by atoms with Gasteiger partial charge in [0.1, 0.15) is 22.8 Å². The van der Waals surface area contributed by atoms with Gasteiger partial charge in [0.2, 0.25) is 5.95 Å². The second-order valence-electron chi connectivity index (χ2n) is 8.23. The fraction of sp³-hybridized carbons (Fsp3) is 0.455. The number of hydrogen-bond donors (Lipinski definition) is 2. The fourth-order valence-electron chi connectivity index (χ4n) is 4.20. The third-order valence-electron chi connectivity index (χ3n) is 5.92. The second-order valence-corrected chi connectivity index (χ2v) is 8.23. The van der Waals surface area contributed by atoms with Crippen molar-refractivity contribution in [2.45, 2.75) is 31.8 Å². The summed E-state index contributed by atoms with van der Waals surface area (Å²) < 4.78 is 54.7. The van der Waals surface area contributed by atoms with Crippen molar-refractivity contribution in [3.8, 4) is 0 Å². The molecule has 32 heavy (non-hydrogen) atoms. The molecule has 1 aromatic carbocycles. The van der Waals surface area contributed by atoms with Crippen molar-refractivity contribution in [1.29, 1.82) is 0 Å². The molecule has 7 nitrogen and oxygen atoms in total. The zero-order valence-electron chi connectivity index (χ0n) is 17.4. The number of benzene rings is 1. The smallest absolute Gasteiger partial charge is 0.208 e. The van der Waals surface area contributed by atoms with Crippen molar-refractivity contribution in [2.24, 2.45) is 5.92 Å². The van der Waals surface area contributed by atoms with Crippen molar-refractivity contribution in [2.75, 3.05) is 37.1 Å². The number of fused-ring (bicyclic) bond motifs is 1. The van der Waals surface area contributed by atoms with Crippen LogP contribution in [0.5, 0.6) is 0 Å². The highest BCUT2D eigenvalue weighted by Gasteiger charge is 2.23. The van der Waals surface area contributed by atoms with Gasteiger partial charge in [-0.3, -0.25) is 0 Å². The average Bonchev–Trinajstić information content (AvgIpc) is 3.40. The van der Waals surface area contributed by atoms with E-state index in [1.165, 1.54) is 0 Å². The molecule has 10 heteroatoms. The highest BCUT2D eigenvalue weighted by atomic mass is 19.1. The summed E-state index contributed by atoms with van der Waals surface area (Å²) in [6.45, 7) is 3.27. The van der Waals surface area contributed by atoms with Gasteiger partial charge in [0.05, 0.1) is 18.3 Å². The number of nitrogens with zero attached hydrogens (tertiary/aromatic N) is 3. The van der Waals surface area contributed by atoms with Crippen molar-refractivity contribution >= 4 is 28.5 Å². The van der Waals surface area contributed by atoms with Crippen molar-refractivity contribution < 1.29 is 22.6 Å². The number of hydrogen-bond acceptors (Lipinski definition) is 6. The Morgan fingerprint density at radius 3 is 2.47 bits per heavy atom. The molecule has 0 bridgehead atoms. The number of halogens is 3. The van der Waals surface area contributed by atoms with E-state index in [-0.39, 0.29) is 17.9 Å². The molecule has 2 aromatic heterocycles. The van der Waals surface area contributed by atoms with Gasteiger partial charge in [0.25, 0.3) is 0 Å². The Labute approximate surface area is 182 Å². The van der Waals surface area contributed by atoms with Crippen LogP contribution >= 0.6 is 0 Å². The molecular formula is C22H24F3N5O2. The van der Waals surface area contributed by atoms with E-state index in [2.05, 4.69) is 20.6 Å². The molecule has 170 valence electrons. The standard InChI is InChI=1S/C22H24F3N5O2/c23-14-7-16(24)21(17(25)8-14)29-22-28-18-10-26-20(27-15-2-5-31-6-3-15)9-19(18)30(22)11-13-1-4-32-12-13/h7-10,13,15H,1-6,11-12H2,(H,26,27)(H,28,29). The maximum atomic E-state index is 14.3. The Kier molecular flexibility index (Phi) is 5.88. The van der Waals surface area contributed by atoms with Gasteiger partial charge in [0, 0.05) is 56.5 Å². The van der Waals surface area contributed by atoms with Crippen LogP contribution in [0.3, 0.4) is 0 Å². The molecule has 5 rings (SSSR count). The SMILES string of the molecule is Fc1cc(F)c(Nc2nc3cnc(NC4CCOCC4)cc3n2CC2CCOC2)c(F)c1. The molecule has 0 amide bonds. The van der Waals surface area contributed by atoms with E-state index in [1.54, 1.807) is 6.20 Å². The molecule has 2 fully saturated rings. The van der Waals surface area contributed by atoms with E-state index in [1.807, 2.05) is 10.6 Å². The highest BCUT2D eigenvalue weighted by molar-refractivity contribution is 5.81. The number of pyridine rings is 1. The predicted molar refractivity (Wildman–Crippen MR) is 114 cm³/mol. The number of anilines is 3. The van der Waals surface area contributed by atoms with Crippen LogP contribution in [0.4, 0.5) is 30.6 Å². The monoisotopic (exact) mass is 447 g/mol. The van der Waals surface area contributed by atoms with E-state index in [9.17, 15) is 13.2 Å². The van der Waals surface area contributed by atoms with E-state index < -0.39 is 23.1 Å². The van der Waals surface area contributed by atoms with Crippen molar-refractivity contribution in [1.82, 2.24) is 14.5 Å². The molecule has 0 spiro atoms. The van der Waals surface area contributed by atoms with Crippen molar-refractivity contribution in [3.05, 3.63) is 41.8 Å². The average molecular weight is 447 g/mol. The van der Waals surface area contributed by atoms with E-state index >= 15 is 0 Å². The van der Waals surface area contributed by atoms with Gasteiger partial charge in [-0.15, -0.1) is 0 Å². The Morgan fingerprint density at radius 1 is 1.00 bits per heavy atom. The lowest BCUT2D eigenvalue weighted by molar-refractivity contribution is 0.0904. The van der Waals surface area contributed by atoms with Gasteiger partial charge in [-0.25, -0.2) is 23.1 Å². The molecule has 1 unspecified atom stereocenters. The molecule has 4 heterocycles. The summed E-state index contributed by atoms with van der Waals surface area (Å²) in [7, 11) is 0. The molecule has 0 radical (unpaired) electrons. The Bertz CT molecular complexity index is 1090. The van der Waals surface area contributed by atoms with Gasteiger partial charge in [-0.2, -0.15) is 0 Å². The lowest BCUT2D eigenvalue weighted by Crippen LogP contribution is -2.28. The van der Waals surface area contributed by atoms with Crippen LogP contribution in [-0.2, 0) is 16.0 Å². The van der Waals surface area contributed by atoms with Crippen LogP contribution in [0.1, 0.15) is 19.3 Å². The van der Waals surface area contributed by atoms with Gasteiger partial charge < -0.3 is 24.7 Å². The molecular weight excluding hydrogens is 423 g/mol. The largest absolute Gasteiger partial charge is 0.381 e. The van der Waals surface area contributed by atoms with Gasteiger partial charge in [-0.05, 0) is 19.3 Å². The fourth-order valence-corrected chi connectivity index (χ4v) is 4.20. The predicted octanol–water partition coefficient (Wildman–Crippen LogP) is 4.22. The molecule has 0 saturated carbocycles. The lowest BCUT2D eigenvalue weighted by atomic mass is 10.1. The van der Waals surface area contributed by atoms with Gasteiger partial charge in [-0.1, -0.05) is 0 Å². The summed E-state index contributed by atoms with van der Waals surface area (Å²) in [4.78, 5) is 8.98. The Hall–Kier alpha value is -2.85. The zero-order chi connectivity index (χ0) is 22.1. The van der Waals surface area contributed by atoms with Crippen LogP contribution in [0.2, 0.25) is 0 Å². The number of imidazole rings is 1. The molecule has 0 aliphatic carbocycles. The normalized spacial score (nSPS) is 19.5. The zero-order valence-corrected chi connectivity index (χ0v) is 17.4. The van der Waals surface area contributed by atoms with E-state index in [0.29, 0.717) is 56.4 Å². The topological polar surface area (TPSA) is 73.2 Å². The number of nitrogens with one attached hydrogen (secondary N) is 2. The Balaban J connectivity index is 1.50. The third-order valence-corrected chi connectivity index (χ3v) is 5.92. The lowest BCUT2D eigenvalue weighted by Gasteiger charge is -2.23.